The zero-order valence-electron chi connectivity index (χ0n) is 13.6. The molecule has 26 heavy (non-hydrogen) atoms. The van der Waals surface area contributed by atoms with Gasteiger partial charge in [0.1, 0.15) is 5.52 Å². The summed E-state index contributed by atoms with van der Waals surface area (Å²) >= 11 is 0. The average Bonchev–Trinajstić information content (AvgIpc) is 3.32. The van der Waals surface area contributed by atoms with E-state index in [2.05, 4.69) is 10.3 Å². The highest BCUT2D eigenvalue weighted by Crippen LogP contribution is 2.32. The van der Waals surface area contributed by atoms with Crippen LogP contribution in [0.3, 0.4) is 0 Å². The maximum Gasteiger partial charge on any atom is 0.340 e. The molecule has 3 aromatic rings. The first kappa shape index (κ1) is 15.9. The molecule has 2 heterocycles. The molecule has 0 saturated carbocycles. The van der Waals surface area contributed by atoms with Gasteiger partial charge >= 0.3 is 5.97 Å². The number of oxazole rings is 1. The molecule has 1 aliphatic heterocycles. The number of para-hydroxylation sites is 1. The Morgan fingerprint density at radius 2 is 2.04 bits per heavy atom. The summed E-state index contributed by atoms with van der Waals surface area (Å²) in [6.07, 6.45) is 1.25. The summed E-state index contributed by atoms with van der Waals surface area (Å²) in [5.74, 6) is 0.269. The standard InChI is InChI=1S/C18H14N2O6/c21-16(19-7-11-4-5-13-15(6-11)26-10-25-13)8-23-18(22)12-2-1-3-14-17(12)20-9-24-14/h1-6,9H,7-8,10H2,(H,19,21). The monoisotopic (exact) mass is 354 g/mol. The van der Waals surface area contributed by atoms with Crippen LogP contribution in [0.1, 0.15) is 15.9 Å². The third kappa shape index (κ3) is 3.16. The lowest BCUT2D eigenvalue weighted by molar-refractivity contribution is -0.124. The average molecular weight is 354 g/mol. The number of rotatable bonds is 5. The van der Waals surface area contributed by atoms with Gasteiger partial charge in [0.05, 0.1) is 5.56 Å². The van der Waals surface area contributed by atoms with Crippen molar-refractivity contribution in [3.8, 4) is 11.5 Å². The summed E-state index contributed by atoms with van der Waals surface area (Å²) in [5, 5.41) is 2.68. The molecule has 0 bridgehead atoms. The first-order chi connectivity index (χ1) is 12.7. The minimum absolute atomic E-state index is 0.194. The number of amides is 1. The number of hydrogen-bond donors (Lipinski definition) is 1. The summed E-state index contributed by atoms with van der Waals surface area (Å²) < 4.78 is 20.7. The number of benzene rings is 2. The Hall–Kier alpha value is -3.55. The first-order valence-corrected chi connectivity index (χ1v) is 7.85. The number of ether oxygens (including phenoxy) is 3. The summed E-state index contributed by atoms with van der Waals surface area (Å²) in [4.78, 5) is 28.1. The van der Waals surface area contributed by atoms with Crippen LogP contribution in [0.4, 0.5) is 0 Å². The van der Waals surface area contributed by atoms with Crippen molar-refractivity contribution >= 4 is 23.0 Å². The molecule has 132 valence electrons. The fraction of sp³-hybridized carbons (Fsp3) is 0.167. The maximum absolute atomic E-state index is 12.1. The van der Waals surface area contributed by atoms with E-state index < -0.39 is 18.5 Å². The Balaban J connectivity index is 1.31. The van der Waals surface area contributed by atoms with Gasteiger partial charge in [0, 0.05) is 6.54 Å². The molecular weight excluding hydrogens is 340 g/mol. The third-order valence-electron chi connectivity index (χ3n) is 3.84. The smallest absolute Gasteiger partial charge is 0.340 e. The predicted octanol–water partition coefficient (Wildman–Crippen LogP) is 2.03. The minimum Gasteiger partial charge on any atom is -0.454 e. The van der Waals surface area contributed by atoms with Crippen molar-refractivity contribution in [2.24, 2.45) is 0 Å². The molecule has 0 aliphatic carbocycles. The molecule has 0 radical (unpaired) electrons. The van der Waals surface area contributed by atoms with E-state index in [1.807, 2.05) is 6.07 Å². The highest BCUT2D eigenvalue weighted by Gasteiger charge is 2.16. The van der Waals surface area contributed by atoms with E-state index in [1.165, 1.54) is 6.39 Å². The van der Waals surface area contributed by atoms with E-state index >= 15 is 0 Å². The summed E-state index contributed by atoms with van der Waals surface area (Å²) in [7, 11) is 0. The highest BCUT2D eigenvalue weighted by molar-refractivity contribution is 6.01. The fourth-order valence-corrected chi connectivity index (χ4v) is 2.56. The van der Waals surface area contributed by atoms with Crippen molar-refractivity contribution in [1.29, 1.82) is 0 Å². The second-order valence-electron chi connectivity index (χ2n) is 5.55. The van der Waals surface area contributed by atoms with Crippen LogP contribution in [0.5, 0.6) is 11.5 Å². The molecule has 0 unspecified atom stereocenters. The summed E-state index contributed by atoms with van der Waals surface area (Å²) in [6.45, 7) is 0.0862. The second-order valence-corrected chi connectivity index (χ2v) is 5.55. The quantitative estimate of drug-likeness (QED) is 0.700. The molecule has 8 nitrogen and oxygen atoms in total. The van der Waals surface area contributed by atoms with E-state index in [0.29, 0.717) is 22.6 Å². The number of nitrogens with zero attached hydrogens (tertiary/aromatic N) is 1. The Morgan fingerprint density at radius 1 is 1.15 bits per heavy atom. The van der Waals surface area contributed by atoms with Gasteiger partial charge in [-0.15, -0.1) is 0 Å². The van der Waals surface area contributed by atoms with Crippen molar-refractivity contribution in [3.63, 3.8) is 0 Å². The fourth-order valence-electron chi connectivity index (χ4n) is 2.56. The summed E-state index contributed by atoms with van der Waals surface area (Å²) in [5.41, 5.74) is 1.98. The second kappa shape index (κ2) is 6.75. The Morgan fingerprint density at radius 3 is 2.96 bits per heavy atom. The largest absolute Gasteiger partial charge is 0.454 e. The number of fused-ring (bicyclic) bond motifs is 2. The third-order valence-corrected chi connectivity index (χ3v) is 3.84. The van der Waals surface area contributed by atoms with Gasteiger partial charge in [-0.05, 0) is 29.8 Å². The van der Waals surface area contributed by atoms with Gasteiger partial charge in [-0.2, -0.15) is 0 Å². The van der Waals surface area contributed by atoms with Crippen molar-refractivity contribution in [2.45, 2.75) is 6.54 Å². The normalized spacial score (nSPS) is 12.2. The molecule has 0 atom stereocenters. The summed E-state index contributed by atoms with van der Waals surface area (Å²) in [6, 6.07) is 10.3. The van der Waals surface area contributed by atoms with Crippen LogP contribution in [0.2, 0.25) is 0 Å². The Kier molecular flexibility index (Phi) is 4.14. The van der Waals surface area contributed by atoms with Gasteiger partial charge in [-0.25, -0.2) is 9.78 Å². The Labute approximate surface area is 147 Å². The molecule has 8 heteroatoms. The molecule has 1 amide bonds. The molecule has 0 fully saturated rings. The van der Waals surface area contributed by atoms with Crippen molar-refractivity contribution in [3.05, 3.63) is 53.9 Å². The predicted molar refractivity (Wildman–Crippen MR) is 88.7 cm³/mol. The van der Waals surface area contributed by atoms with Crippen LogP contribution in [0, 0.1) is 0 Å². The van der Waals surface area contributed by atoms with E-state index in [-0.39, 0.29) is 18.9 Å². The lowest BCUT2D eigenvalue weighted by atomic mass is 10.2. The van der Waals surface area contributed by atoms with E-state index in [4.69, 9.17) is 18.6 Å². The topological polar surface area (TPSA) is 99.9 Å². The zero-order chi connectivity index (χ0) is 17.9. The van der Waals surface area contributed by atoms with E-state index in [1.54, 1.807) is 30.3 Å². The first-order valence-electron chi connectivity index (χ1n) is 7.85. The lowest BCUT2D eigenvalue weighted by Crippen LogP contribution is -2.28. The molecule has 0 spiro atoms. The number of hydrogen-bond acceptors (Lipinski definition) is 7. The highest BCUT2D eigenvalue weighted by atomic mass is 16.7. The van der Waals surface area contributed by atoms with Crippen molar-refractivity contribution in [2.75, 3.05) is 13.4 Å². The van der Waals surface area contributed by atoms with Crippen molar-refractivity contribution in [1.82, 2.24) is 10.3 Å². The van der Waals surface area contributed by atoms with Crippen molar-refractivity contribution < 1.29 is 28.2 Å². The number of aromatic nitrogens is 1. The minimum atomic E-state index is -0.636. The number of nitrogens with one attached hydrogen (secondary N) is 1. The van der Waals surface area contributed by atoms with Crippen LogP contribution in [0.25, 0.3) is 11.1 Å². The number of esters is 1. The van der Waals surface area contributed by atoms with Gasteiger partial charge in [0.25, 0.3) is 5.91 Å². The molecule has 4 rings (SSSR count). The van der Waals surface area contributed by atoms with Gasteiger partial charge in [0.2, 0.25) is 6.79 Å². The van der Waals surface area contributed by atoms with Crippen LogP contribution in [-0.4, -0.2) is 30.3 Å². The van der Waals surface area contributed by atoms with Gasteiger partial charge < -0.3 is 23.9 Å². The zero-order valence-corrected chi connectivity index (χ0v) is 13.6. The molecule has 1 N–H and O–H groups in total. The van der Waals surface area contributed by atoms with Crippen LogP contribution >= 0.6 is 0 Å². The Bertz CT molecular complexity index is 981. The molecule has 1 aliphatic rings. The van der Waals surface area contributed by atoms with E-state index in [0.717, 1.165) is 5.56 Å². The molecule has 2 aromatic carbocycles. The molecular formula is C18H14N2O6. The van der Waals surface area contributed by atoms with Gasteiger partial charge in [0.15, 0.2) is 30.1 Å². The SMILES string of the molecule is O=C(COC(=O)c1cccc2ocnc12)NCc1ccc2c(c1)OCO2. The van der Waals surface area contributed by atoms with Gasteiger partial charge in [-0.1, -0.05) is 12.1 Å². The van der Waals surface area contributed by atoms with Crippen LogP contribution in [0.15, 0.2) is 47.2 Å². The number of carbonyl (C=O) groups excluding carboxylic acids is 2. The van der Waals surface area contributed by atoms with E-state index in [9.17, 15) is 9.59 Å². The molecule has 1 aromatic heterocycles. The molecule has 0 saturated heterocycles. The lowest BCUT2D eigenvalue weighted by Gasteiger charge is -2.07. The number of carbonyl (C=O) groups is 2. The maximum atomic E-state index is 12.1. The van der Waals surface area contributed by atoms with Crippen LogP contribution in [-0.2, 0) is 16.1 Å². The van der Waals surface area contributed by atoms with Crippen LogP contribution < -0.4 is 14.8 Å². The van der Waals surface area contributed by atoms with Gasteiger partial charge in [-0.3, -0.25) is 4.79 Å².